The van der Waals surface area contributed by atoms with E-state index in [1.807, 2.05) is 0 Å². The Kier molecular flexibility index (Phi) is 58.8. The molecule has 1 unspecified atom stereocenters. The van der Waals surface area contributed by atoms with Crippen LogP contribution in [0.5, 0.6) is 0 Å². The van der Waals surface area contributed by atoms with Gasteiger partial charge in [0.2, 0.25) is 0 Å². The van der Waals surface area contributed by atoms with Crippen LogP contribution in [-0.4, -0.2) is 37.2 Å². The Morgan fingerprint density at radius 3 is 0.838 bits per heavy atom. The third-order valence-corrected chi connectivity index (χ3v) is 13.3. The summed E-state index contributed by atoms with van der Waals surface area (Å²) in [5, 5.41) is 0. The van der Waals surface area contributed by atoms with Gasteiger partial charge in [-0.3, -0.25) is 14.4 Å². The summed E-state index contributed by atoms with van der Waals surface area (Å²) in [4.78, 5) is 38.2. The van der Waals surface area contributed by atoms with Gasteiger partial charge >= 0.3 is 17.9 Å². The fraction of sp³-hybridized carbons (Fsp3) is 0.721. The molecule has 74 heavy (non-hydrogen) atoms. The van der Waals surface area contributed by atoms with Crippen molar-refractivity contribution in [2.45, 2.75) is 303 Å². The summed E-state index contributed by atoms with van der Waals surface area (Å²) in [6, 6.07) is 0. The number of hydrogen-bond donors (Lipinski definition) is 0. The topological polar surface area (TPSA) is 78.9 Å². The molecule has 1 atom stereocenters. The molecule has 0 aromatic rings. The third kappa shape index (κ3) is 59.2. The van der Waals surface area contributed by atoms with Crippen molar-refractivity contribution in [1.29, 1.82) is 0 Å². The van der Waals surface area contributed by atoms with Gasteiger partial charge in [-0.25, -0.2) is 0 Å². The first-order valence-corrected chi connectivity index (χ1v) is 31.2. The number of allylic oxidation sites excluding steroid dienone is 16. The van der Waals surface area contributed by atoms with Crippen LogP contribution in [0.3, 0.4) is 0 Å². The van der Waals surface area contributed by atoms with Crippen LogP contribution < -0.4 is 0 Å². The van der Waals surface area contributed by atoms with Crippen LogP contribution in [0.2, 0.25) is 0 Å². The van der Waals surface area contributed by atoms with Crippen molar-refractivity contribution in [3.63, 3.8) is 0 Å². The highest BCUT2D eigenvalue weighted by Crippen LogP contribution is 2.16. The molecule has 0 heterocycles. The maximum atomic E-state index is 12.9. The average Bonchev–Trinajstić information content (AvgIpc) is 3.40. The van der Waals surface area contributed by atoms with E-state index in [0.717, 1.165) is 122 Å². The van der Waals surface area contributed by atoms with Crippen LogP contribution in [0.4, 0.5) is 0 Å². The highest BCUT2D eigenvalue weighted by Gasteiger charge is 2.19. The maximum absolute atomic E-state index is 12.9. The second-order valence-corrected chi connectivity index (χ2v) is 20.6. The van der Waals surface area contributed by atoms with Crippen molar-refractivity contribution >= 4 is 17.9 Å². The average molecular weight is 1030 g/mol. The molecular formula is C68H116O6. The van der Waals surface area contributed by atoms with Gasteiger partial charge in [0.05, 0.1) is 0 Å². The maximum Gasteiger partial charge on any atom is 0.306 e. The van der Waals surface area contributed by atoms with Gasteiger partial charge in [0.25, 0.3) is 0 Å². The quantitative estimate of drug-likeness (QED) is 0.0261. The van der Waals surface area contributed by atoms with E-state index in [9.17, 15) is 14.4 Å². The predicted octanol–water partition coefficient (Wildman–Crippen LogP) is 21.3. The number of hydrogen-bond acceptors (Lipinski definition) is 6. The van der Waals surface area contributed by atoms with E-state index < -0.39 is 6.10 Å². The Hall–Kier alpha value is -3.67. The summed E-state index contributed by atoms with van der Waals surface area (Å²) < 4.78 is 16.9. The van der Waals surface area contributed by atoms with E-state index in [1.165, 1.54) is 135 Å². The minimum atomic E-state index is -0.785. The van der Waals surface area contributed by atoms with E-state index in [1.54, 1.807) is 0 Å². The first-order valence-electron chi connectivity index (χ1n) is 31.2. The molecule has 6 nitrogen and oxygen atoms in total. The van der Waals surface area contributed by atoms with Crippen molar-refractivity contribution in [3.05, 3.63) is 97.2 Å². The summed E-state index contributed by atoms with van der Waals surface area (Å²) in [6.07, 6.45) is 82.6. The lowest BCUT2D eigenvalue weighted by molar-refractivity contribution is -0.167. The van der Waals surface area contributed by atoms with Gasteiger partial charge in [0, 0.05) is 19.3 Å². The molecule has 0 aromatic carbocycles. The lowest BCUT2D eigenvalue weighted by Crippen LogP contribution is -2.30. The van der Waals surface area contributed by atoms with Crippen molar-refractivity contribution in [3.8, 4) is 0 Å². The predicted molar refractivity (Wildman–Crippen MR) is 320 cm³/mol. The van der Waals surface area contributed by atoms with E-state index in [-0.39, 0.29) is 31.1 Å². The van der Waals surface area contributed by atoms with Crippen molar-refractivity contribution < 1.29 is 28.6 Å². The van der Waals surface area contributed by atoms with Crippen LogP contribution in [-0.2, 0) is 28.6 Å². The van der Waals surface area contributed by atoms with E-state index in [0.29, 0.717) is 19.3 Å². The number of rotatable bonds is 56. The first-order chi connectivity index (χ1) is 36.5. The lowest BCUT2D eigenvalue weighted by Gasteiger charge is -2.18. The fourth-order valence-corrected chi connectivity index (χ4v) is 8.65. The molecule has 0 spiro atoms. The smallest absolute Gasteiger partial charge is 0.306 e. The molecule has 0 rings (SSSR count). The van der Waals surface area contributed by atoms with Crippen molar-refractivity contribution in [2.24, 2.45) is 0 Å². The first kappa shape index (κ1) is 70.3. The van der Waals surface area contributed by atoms with E-state index >= 15 is 0 Å². The molecule has 0 saturated heterocycles. The third-order valence-electron chi connectivity index (χ3n) is 13.3. The molecule has 0 aliphatic rings. The Morgan fingerprint density at radius 1 is 0.284 bits per heavy atom. The van der Waals surface area contributed by atoms with Crippen LogP contribution in [0.1, 0.15) is 297 Å². The molecule has 6 heteroatoms. The molecule has 0 saturated carbocycles. The number of unbranched alkanes of at least 4 members (excludes halogenated alkanes) is 29. The zero-order chi connectivity index (χ0) is 53.6. The monoisotopic (exact) mass is 1030 g/mol. The van der Waals surface area contributed by atoms with Gasteiger partial charge < -0.3 is 14.2 Å². The Balaban J connectivity index is 4.30. The fourth-order valence-electron chi connectivity index (χ4n) is 8.65. The number of ether oxygens (including phenoxy) is 3. The Labute approximate surface area is 457 Å². The molecule has 0 aromatic heterocycles. The second-order valence-electron chi connectivity index (χ2n) is 20.6. The summed E-state index contributed by atoms with van der Waals surface area (Å²) in [7, 11) is 0. The minimum Gasteiger partial charge on any atom is -0.462 e. The summed E-state index contributed by atoms with van der Waals surface area (Å²) in [5.41, 5.74) is 0. The zero-order valence-electron chi connectivity index (χ0n) is 48.6. The summed E-state index contributed by atoms with van der Waals surface area (Å²) >= 11 is 0. The molecular weight excluding hydrogens is 913 g/mol. The van der Waals surface area contributed by atoms with E-state index in [4.69, 9.17) is 14.2 Å². The van der Waals surface area contributed by atoms with Crippen LogP contribution >= 0.6 is 0 Å². The lowest BCUT2D eigenvalue weighted by atomic mass is 10.0. The number of esters is 3. The number of carbonyl (C=O) groups excluding carboxylic acids is 3. The standard InChI is InChI=1S/C68H116O6/c1-4-7-10-13-16-19-22-25-27-28-29-30-31-32-33-34-35-36-37-38-39-40-42-43-46-49-52-55-58-61-67(70)73-64-65(63-72-66(69)60-57-54-51-48-45-24-21-18-15-12-9-6-3)74-68(71)62-59-56-53-50-47-44-41-26-23-20-17-14-11-8-5-2/h7,10,16,19,25-27,29-30,32-33,35-36,38-39,41,65H,4-6,8-9,11-15,17-18,20-24,28,31,34,37,40,42-64H2,1-3H3/b10-7-,19-16-,27-25-,30-29-,33-32-,36-35-,39-38-,41-26-. The van der Waals surface area contributed by atoms with Gasteiger partial charge in [0.15, 0.2) is 6.10 Å². The van der Waals surface area contributed by atoms with Gasteiger partial charge in [-0.15, -0.1) is 0 Å². The number of carbonyl (C=O) groups is 3. The highest BCUT2D eigenvalue weighted by atomic mass is 16.6. The van der Waals surface area contributed by atoms with Crippen molar-refractivity contribution in [1.82, 2.24) is 0 Å². The normalized spacial score (nSPS) is 12.7. The highest BCUT2D eigenvalue weighted by molar-refractivity contribution is 5.71. The summed E-state index contributed by atoms with van der Waals surface area (Å²) in [6.45, 7) is 6.52. The molecule has 0 fully saturated rings. The largest absolute Gasteiger partial charge is 0.462 e. The Bertz CT molecular complexity index is 1460. The second kappa shape index (κ2) is 61.9. The summed E-state index contributed by atoms with van der Waals surface area (Å²) in [5.74, 6) is -0.894. The van der Waals surface area contributed by atoms with Gasteiger partial charge in [-0.1, -0.05) is 272 Å². The van der Waals surface area contributed by atoms with E-state index in [2.05, 4.69) is 118 Å². The SMILES string of the molecule is CC/C=C\C/C=C\C/C=C\C/C=C\C/C=C\C/C=C\C/C=C\CCCCCCCCCC(=O)OCC(COC(=O)CCCCCCCCCCCCCC)OC(=O)CCCCCCC/C=C\CCCCCCCC. The van der Waals surface area contributed by atoms with Gasteiger partial charge in [-0.2, -0.15) is 0 Å². The molecule has 0 aliphatic heterocycles. The zero-order valence-corrected chi connectivity index (χ0v) is 48.6. The molecule has 0 radical (unpaired) electrons. The molecule has 0 bridgehead atoms. The van der Waals surface area contributed by atoms with Gasteiger partial charge in [0.1, 0.15) is 13.2 Å². The van der Waals surface area contributed by atoms with Crippen LogP contribution in [0.15, 0.2) is 97.2 Å². The Morgan fingerprint density at radius 2 is 0.527 bits per heavy atom. The minimum absolute atomic E-state index is 0.0816. The molecule has 0 N–H and O–H groups in total. The van der Waals surface area contributed by atoms with Crippen LogP contribution in [0, 0.1) is 0 Å². The molecule has 424 valence electrons. The van der Waals surface area contributed by atoms with Crippen LogP contribution in [0.25, 0.3) is 0 Å². The van der Waals surface area contributed by atoms with Crippen molar-refractivity contribution in [2.75, 3.05) is 13.2 Å². The molecule has 0 aliphatic carbocycles. The van der Waals surface area contributed by atoms with Gasteiger partial charge in [-0.05, 0) is 103 Å². The molecule has 0 amide bonds.